The molecule has 10 nitrogen and oxygen atoms in total. The number of carbonyl (C=O) groups excluding carboxylic acids is 1. The van der Waals surface area contributed by atoms with E-state index in [1.54, 1.807) is 27.3 Å². The molecule has 1 amide bonds. The van der Waals surface area contributed by atoms with E-state index in [0.717, 1.165) is 0 Å². The van der Waals surface area contributed by atoms with E-state index in [9.17, 15) is 19.5 Å². The lowest BCUT2D eigenvalue weighted by Gasteiger charge is -2.22. The zero-order valence-electron chi connectivity index (χ0n) is 18.1. The predicted molar refractivity (Wildman–Crippen MR) is 116 cm³/mol. The highest BCUT2D eigenvalue weighted by atomic mass is 16.5. The van der Waals surface area contributed by atoms with Crippen LogP contribution in [0.4, 0.5) is 17.1 Å². The van der Waals surface area contributed by atoms with Gasteiger partial charge in [0, 0.05) is 41.3 Å². The molecule has 1 aromatic carbocycles. The Hall–Kier alpha value is -3.27. The first kappa shape index (κ1) is 23.0. The Kier molecular flexibility index (Phi) is 7.28. The number of methoxy groups -OCH3 is 1. The summed E-state index contributed by atoms with van der Waals surface area (Å²) in [5, 5.41) is 16.5. The molecule has 0 fully saturated rings. The van der Waals surface area contributed by atoms with Crippen LogP contribution < -0.4 is 21.8 Å². The summed E-state index contributed by atoms with van der Waals surface area (Å²) in [6, 6.07) is 4.38. The van der Waals surface area contributed by atoms with Crippen LogP contribution in [0.2, 0.25) is 0 Å². The topological polar surface area (TPSA) is 118 Å². The largest absolute Gasteiger partial charge is 0.505 e. The first-order valence-corrected chi connectivity index (χ1v) is 9.50. The van der Waals surface area contributed by atoms with Crippen molar-refractivity contribution in [1.82, 2.24) is 14.3 Å². The minimum atomic E-state index is -0.476. The number of phenols is 1. The molecule has 1 unspecified atom stereocenters. The molecule has 0 saturated carbocycles. The van der Waals surface area contributed by atoms with Crippen LogP contribution in [0.1, 0.15) is 23.7 Å². The van der Waals surface area contributed by atoms with Crippen LogP contribution in [0.5, 0.6) is 5.75 Å². The lowest BCUT2D eigenvalue weighted by molar-refractivity contribution is 0.0824. The standard InChI is InChI=1S/C20H29N5O5/c1-7-12(11-30-6)21-15-16(20(29)25(5)24(4)19(15)28)22-14-10-8-9-13(17(14)26)18(27)23(2)3/h8-10,12,21-22,26H,7,11H2,1-6H3. The number of anilines is 3. The highest BCUT2D eigenvalue weighted by Gasteiger charge is 2.22. The van der Waals surface area contributed by atoms with E-state index in [-0.39, 0.29) is 34.4 Å². The molecule has 2 aromatic rings. The van der Waals surface area contributed by atoms with Crippen molar-refractivity contribution in [3.63, 3.8) is 0 Å². The third-order valence-corrected chi connectivity index (χ3v) is 4.86. The van der Waals surface area contributed by atoms with Crippen LogP contribution in [0.25, 0.3) is 0 Å². The quantitative estimate of drug-likeness (QED) is 0.548. The van der Waals surface area contributed by atoms with Gasteiger partial charge in [-0.3, -0.25) is 14.4 Å². The van der Waals surface area contributed by atoms with Crippen LogP contribution in [0.15, 0.2) is 27.8 Å². The Labute approximate surface area is 174 Å². The Morgan fingerprint density at radius 1 is 1.17 bits per heavy atom. The molecule has 0 saturated heterocycles. The lowest BCUT2D eigenvalue weighted by atomic mass is 10.1. The summed E-state index contributed by atoms with van der Waals surface area (Å²) in [5.74, 6) is -0.702. The number of amides is 1. The van der Waals surface area contributed by atoms with E-state index in [1.165, 1.54) is 40.5 Å². The molecule has 1 aromatic heterocycles. The number of para-hydroxylation sites is 1. The van der Waals surface area contributed by atoms with Gasteiger partial charge in [0.15, 0.2) is 5.75 Å². The minimum Gasteiger partial charge on any atom is -0.505 e. The average molecular weight is 419 g/mol. The number of aromatic nitrogens is 2. The molecule has 2 rings (SSSR count). The Morgan fingerprint density at radius 3 is 2.30 bits per heavy atom. The van der Waals surface area contributed by atoms with Gasteiger partial charge in [0.25, 0.3) is 17.0 Å². The Bertz CT molecular complexity index is 1040. The van der Waals surface area contributed by atoms with Gasteiger partial charge in [-0.2, -0.15) is 0 Å². The fourth-order valence-electron chi connectivity index (χ4n) is 2.92. The van der Waals surface area contributed by atoms with Gasteiger partial charge < -0.3 is 25.4 Å². The molecule has 0 spiro atoms. The average Bonchev–Trinajstić information content (AvgIpc) is 2.72. The normalized spacial score (nSPS) is 11.8. The van der Waals surface area contributed by atoms with Crippen molar-refractivity contribution in [2.75, 3.05) is 38.4 Å². The summed E-state index contributed by atoms with van der Waals surface area (Å²) >= 11 is 0. The molecule has 0 bridgehead atoms. The van der Waals surface area contributed by atoms with E-state index in [2.05, 4.69) is 10.6 Å². The van der Waals surface area contributed by atoms with Gasteiger partial charge in [-0.25, -0.2) is 9.36 Å². The number of rotatable bonds is 8. The highest BCUT2D eigenvalue weighted by molar-refractivity contribution is 5.98. The number of carbonyl (C=O) groups is 1. The summed E-state index contributed by atoms with van der Waals surface area (Å²) in [5.41, 5.74) is -0.653. The second kappa shape index (κ2) is 9.49. The van der Waals surface area contributed by atoms with Gasteiger partial charge in [-0.05, 0) is 18.6 Å². The molecule has 164 valence electrons. The van der Waals surface area contributed by atoms with Crippen molar-refractivity contribution in [2.45, 2.75) is 19.4 Å². The second-order valence-corrected chi connectivity index (χ2v) is 7.14. The third kappa shape index (κ3) is 4.48. The number of hydrogen-bond acceptors (Lipinski definition) is 7. The number of hydrogen-bond donors (Lipinski definition) is 3. The number of ether oxygens (including phenoxy) is 1. The summed E-state index contributed by atoms with van der Waals surface area (Å²) in [7, 11) is 7.65. The lowest BCUT2D eigenvalue weighted by Crippen LogP contribution is -2.40. The second-order valence-electron chi connectivity index (χ2n) is 7.14. The molecule has 0 aliphatic heterocycles. The predicted octanol–water partition coefficient (Wildman–Crippen LogP) is 1.07. The monoisotopic (exact) mass is 419 g/mol. The maximum atomic E-state index is 12.9. The number of aromatic hydroxyl groups is 1. The molecule has 1 atom stereocenters. The van der Waals surface area contributed by atoms with Crippen LogP contribution in [-0.4, -0.2) is 59.1 Å². The maximum Gasteiger partial charge on any atom is 0.290 e. The SMILES string of the molecule is CCC(COC)Nc1c(Nc2cccc(C(=O)N(C)C)c2O)c(=O)n(C)n(C)c1=O. The van der Waals surface area contributed by atoms with Gasteiger partial charge in [0.1, 0.15) is 11.4 Å². The highest BCUT2D eigenvalue weighted by Crippen LogP contribution is 2.31. The van der Waals surface area contributed by atoms with Crippen molar-refractivity contribution in [3.8, 4) is 5.75 Å². The van der Waals surface area contributed by atoms with E-state index < -0.39 is 17.0 Å². The fourth-order valence-corrected chi connectivity index (χ4v) is 2.92. The number of benzene rings is 1. The van der Waals surface area contributed by atoms with Crippen molar-refractivity contribution in [2.24, 2.45) is 14.1 Å². The van der Waals surface area contributed by atoms with Crippen molar-refractivity contribution >= 4 is 23.0 Å². The molecule has 30 heavy (non-hydrogen) atoms. The first-order valence-electron chi connectivity index (χ1n) is 9.50. The van der Waals surface area contributed by atoms with Crippen LogP contribution in [-0.2, 0) is 18.8 Å². The van der Waals surface area contributed by atoms with Crippen molar-refractivity contribution in [3.05, 3.63) is 44.5 Å². The minimum absolute atomic E-state index is 0.0279. The summed E-state index contributed by atoms with van der Waals surface area (Å²) in [6.45, 7) is 2.27. The smallest absolute Gasteiger partial charge is 0.290 e. The molecule has 3 N–H and O–H groups in total. The van der Waals surface area contributed by atoms with E-state index in [4.69, 9.17) is 4.74 Å². The summed E-state index contributed by atoms with van der Waals surface area (Å²) in [4.78, 5) is 39.5. The summed E-state index contributed by atoms with van der Waals surface area (Å²) in [6.07, 6.45) is 0.656. The fraction of sp³-hybridized carbons (Fsp3) is 0.450. The van der Waals surface area contributed by atoms with E-state index in [0.29, 0.717) is 13.0 Å². The van der Waals surface area contributed by atoms with Gasteiger partial charge in [0.05, 0.1) is 17.9 Å². The van der Waals surface area contributed by atoms with Crippen LogP contribution in [0.3, 0.4) is 0 Å². The van der Waals surface area contributed by atoms with Crippen LogP contribution in [0, 0.1) is 0 Å². The summed E-state index contributed by atoms with van der Waals surface area (Å²) < 4.78 is 7.54. The van der Waals surface area contributed by atoms with Gasteiger partial charge in [-0.1, -0.05) is 13.0 Å². The van der Waals surface area contributed by atoms with Gasteiger partial charge in [0.2, 0.25) is 0 Å². The number of nitrogens with zero attached hydrogens (tertiary/aromatic N) is 3. The van der Waals surface area contributed by atoms with E-state index in [1.807, 2.05) is 6.92 Å². The van der Waals surface area contributed by atoms with Gasteiger partial charge in [-0.15, -0.1) is 0 Å². The Morgan fingerprint density at radius 2 is 1.77 bits per heavy atom. The molecular weight excluding hydrogens is 390 g/mol. The first-order chi connectivity index (χ1) is 14.1. The molecule has 0 aliphatic rings. The zero-order chi connectivity index (χ0) is 22.6. The van der Waals surface area contributed by atoms with E-state index >= 15 is 0 Å². The molecule has 1 heterocycles. The van der Waals surface area contributed by atoms with Crippen LogP contribution >= 0.6 is 0 Å². The van der Waals surface area contributed by atoms with Crippen molar-refractivity contribution in [1.29, 1.82) is 0 Å². The molecule has 0 aliphatic carbocycles. The third-order valence-electron chi connectivity index (χ3n) is 4.86. The zero-order valence-corrected chi connectivity index (χ0v) is 18.1. The number of phenolic OH excluding ortho intramolecular Hbond substituents is 1. The van der Waals surface area contributed by atoms with Crippen molar-refractivity contribution < 1.29 is 14.6 Å². The Balaban J connectivity index is 2.62. The maximum absolute atomic E-state index is 12.9. The molecule has 10 heteroatoms. The van der Waals surface area contributed by atoms with Gasteiger partial charge >= 0.3 is 0 Å². The molecular formula is C20H29N5O5. The molecule has 0 radical (unpaired) electrons. The number of nitrogens with one attached hydrogen (secondary N) is 2.